The van der Waals surface area contributed by atoms with Crippen LogP contribution < -0.4 is 9.62 Å². The van der Waals surface area contributed by atoms with Gasteiger partial charge >= 0.3 is 0 Å². The first-order chi connectivity index (χ1) is 11.2. The number of carbonyl (C=O) groups excluding carboxylic acids is 1. The molecule has 0 aliphatic carbocycles. The van der Waals surface area contributed by atoms with Gasteiger partial charge in [-0.25, -0.2) is 8.42 Å². The van der Waals surface area contributed by atoms with Crippen LogP contribution in [0.5, 0.6) is 0 Å². The minimum atomic E-state index is -3.62. The van der Waals surface area contributed by atoms with E-state index in [4.69, 9.17) is 0 Å². The lowest BCUT2D eigenvalue weighted by molar-refractivity contribution is -0.114. The Bertz CT molecular complexity index is 810. The molecule has 0 unspecified atom stereocenters. The van der Waals surface area contributed by atoms with Gasteiger partial charge in [0, 0.05) is 19.7 Å². The van der Waals surface area contributed by atoms with Crippen LogP contribution >= 0.6 is 0 Å². The van der Waals surface area contributed by atoms with Gasteiger partial charge in [0.1, 0.15) is 0 Å². The van der Waals surface area contributed by atoms with E-state index in [0.717, 1.165) is 5.56 Å². The third-order valence-corrected chi connectivity index (χ3v) is 5.56. The van der Waals surface area contributed by atoms with Gasteiger partial charge in [-0.1, -0.05) is 26.0 Å². The Morgan fingerprint density at radius 2 is 1.54 bits per heavy atom. The van der Waals surface area contributed by atoms with E-state index >= 15 is 0 Å². The number of sulfonamides is 1. The summed E-state index contributed by atoms with van der Waals surface area (Å²) in [6.45, 7) is 5.55. The summed E-state index contributed by atoms with van der Waals surface area (Å²) >= 11 is 0. The molecule has 0 bridgehead atoms. The molecule has 24 heavy (non-hydrogen) atoms. The van der Waals surface area contributed by atoms with Crippen LogP contribution in [0, 0.1) is 0 Å². The van der Waals surface area contributed by atoms with Crippen molar-refractivity contribution < 1.29 is 13.2 Å². The molecule has 6 heteroatoms. The molecule has 0 radical (unpaired) electrons. The number of rotatable bonds is 5. The molecule has 5 nitrogen and oxygen atoms in total. The van der Waals surface area contributed by atoms with Crippen LogP contribution in [0.1, 0.15) is 32.3 Å². The molecule has 0 saturated heterocycles. The van der Waals surface area contributed by atoms with Crippen molar-refractivity contribution in [2.45, 2.75) is 31.6 Å². The molecule has 128 valence electrons. The number of carbonyl (C=O) groups is 1. The number of hydrogen-bond acceptors (Lipinski definition) is 3. The summed E-state index contributed by atoms with van der Waals surface area (Å²) < 4.78 is 26.7. The Morgan fingerprint density at radius 3 is 2.00 bits per heavy atom. The van der Waals surface area contributed by atoms with Crippen molar-refractivity contribution in [3.63, 3.8) is 0 Å². The van der Waals surface area contributed by atoms with Crippen LogP contribution in [-0.2, 0) is 14.8 Å². The standard InChI is InChI=1S/C18H22N2O3S/c1-13(2)15-5-11-18(12-6-15)24(22,23)20(4)17-9-7-16(8-10-17)19-14(3)21/h5-13H,1-4H3,(H,19,21). The molecular formula is C18H22N2O3S. The van der Waals surface area contributed by atoms with Crippen LogP contribution in [-0.4, -0.2) is 21.4 Å². The smallest absolute Gasteiger partial charge is 0.264 e. The van der Waals surface area contributed by atoms with Crippen molar-refractivity contribution in [1.82, 2.24) is 0 Å². The number of nitrogens with one attached hydrogen (secondary N) is 1. The lowest BCUT2D eigenvalue weighted by Gasteiger charge is -2.20. The van der Waals surface area contributed by atoms with Crippen LogP contribution in [0.3, 0.4) is 0 Å². The topological polar surface area (TPSA) is 66.5 Å². The van der Waals surface area contributed by atoms with Crippen molar-refractivity contribution in [3.05, 3.63) is 54.1 Å². The summed E-state index contributed by atoms with van der Waals surface area (Å²) in [7, 11) is -2.11. The second kappa shape index (κ2) is 7.05. The normalized spacial score (nSPS) is 11.4. The highest BCUT2D eigenvalue weighted by Crippen LogP contribution is 2.25. The second-order valence-electron chi connectivity index (χ2n) is 5.92. The third-order valence-electron chi connectivity index (χ3n) is 3.76. The van der Waals surface area contributed by atoms with Gasteiger partial charge in [-0.2, -0.15) is 0 Å². The number of nitrogens with zero attached hydrogens (tertiary/aromatic N) is 1. The second-order valence-corrected chi connectivity index (χ2v) is 7.89. The summed E-state index contributed by atoms with van der Waals surface area (Å²) in [5, 5.41) is 2.65. The molecule has 0 aromatic heterocycles. The average Bonchev–Trinajstić information content (AvgIpc) is 2.54. The molecule has 0 atom stereocenters. The maximum absolute atomic E-state index is 12.7. The third kappa shape index (κ3) is 3.94. The van der Waals surface area contributed by atoms with Crippen molar-refractivity contribution >= 4 is 27.3 Å². The van der Waals surface area contributed by atoms with E-state index in [1.54, 1.807) is 36.4 Å². The first-order valence-corrected chi connectivity index (χ1v) is 9.12. The Balaban J connectivity index is 2.26. The monoisotopic (exact) mass is 346 g/mol. The van der Waals surface area contributed by atoms with E-state index < -0.39 is 10.0 Å². The zero-order chi connectivity index (χ0) is 17.9. The van der Waals surface area contributed by atoms with E-state index in [1.807, 2.05) is 12.1 Å². The van der Waals surface area contributed by atoms with E-state index in [1.165, 1.54) is 18.3 Å². The van der Waals surface area contributed by atoms with Gasteiger partial charge < -0.3 is 5.32 Å². The predicted octanol–water partition coefficient (Wildman–Crippen LogP) is 3.59. The highest BCUT2D eigenvalue weighted by atomic mass is 32.2. The average molecular weight is 346 g/mol. The zero-order valence-corrected chi connectivity index (χ0v) is 15.1. The predicted molar refractivity (Wildman–Crippen MR) is 96.9 cm³/mol. The summed E-state index contributed by atoms with van der Waals surface area (Å²) in [4.78, 5) is 11.3. The molecule has 1 amide bonds. The highest BCUT2D eigenvalue weighted by Gasteiger charge is 2.21. The van der Waals surface area contributed by atoms with Gasteiger partial charge in [-0.3, -0.25) is 9.10 Å². The van der Waals surface area contributed by atoms with Gasteiger partial charge in [-0.15, -0.1) is 0 Å². The van der Waals surface area contributed by atoms with Gasteiger partial charge in [0.2, 0.25) is 5.91 Å². The molecule has 0 fully saturated rings. The van der Waals surface area contributed by atoms with E-state index in [0.29, 0.717) is 17.3 Å². The van der Waals surface area contributed by atoms with E-state index in [2.05, 4.69) is 19.2 Å². The molecule has 0 heterocycles. The molecule has 2 rings (SSSR count). The first kappa shape index (κ1) is 18.0. The molecule has 2 aromatic rings. The Kier molecular flexibility index (Phi) is 5.29. The largest absolute Gasteiger partial charge is 0.326 e. The van der Waals surface area contributed by atoms with Gasteiger partial charge in [-0.05, 0) is 47.9 Å². The Labute approximate surface area is 143 Å². The number of amides is 1. The fraction of sp³-hybridized carbons (Fsp3) is 0.278. The molecule has 0 saturated carbocycles. The van der Waals surface area contributed by atoms with E-state index in [9.17, 15) is 13.2 Å². The Hall–Kier alpha value is -2.34. The van der Waals surface area contributed by atoms with Crippen molar-refractivity contribution in [2.75, 3.05) is 16.7 Å². The van der Waals surface area contributed by atoms with E-state index in [-0.39, 0.29) is 10.8 Å². The number of anilines is 2. The molecular weight excluding hydrogens is 324 g/mol. The highest BCUT2D eigenvalue weighted by molar-refractivity contribution is 7.92. The first-order valence-electron chi connectivity index (χ1n) is 7.68. The summed E-state index contributed by atoms with van der Waals surface area (Å²) in [6.07, 6.45) is 0. The molecule has 0 spiro atoms. The van der Waals surface area contributed by atoms with Crippen LogP contribution in [0.4, 0.5) is 11.4 Å². The summed E-state index contributed by atoms with van der Waals surface area (Å²) in [5.74, 6) is 0.176. The quantitative estimate of drug-likeness (QED) is 0.899. The maximum atomic E-state index is 12.7. The lowest BCUT2D eigenvalue weighted by atomic mass is 10.0. The fourth-order valence-electron chi connectivity index (χ4n) is 2.28. The van der Waals surface area contributed by atoms with Crippen molar-refractivity contribution in [2.24, 2.45) is 0 Å². The van der Waals surface area contributed by atoms with Gasteiger partial charge in [0.05, 0.1) is 10.6 Å². The van der Waals surface area contributed by atoms with Crippen molar-refractivity contribution in [1.29, 1.82) is 0 Å². The molecule has 1 N–H and O–H groups in total. The number of hydrogen-bond donors (Lipinski definition) is 1. The molecule has 0 aliphatic heterocycles. The fourth-order valence-corrected chi connectivity index (χ4v) is 3.48. The van der Waals surface area contributed by atoms with Gasteiger partial charge in [0.15, 0.2) is 0 Å². The zero-order valence-electron chi connectivity index (χ0n) is 14.3. The van der Waals surface area contributed by atoms with Crippen LogP contribution in [0.2, 0.25) is 0 Å². The Morgan fingerprint density at radius 1 is 1.00 bits per heavy atom. The maximum Gasteiger partial charge on any atom is 0.264 e. The van der Waals surface area contributed by atoms with Crippen LogP contribution in [0.15, 0.2) is 53.4 Å². The molecule has 2 aromatic carbocycles. The summed E-state index contributed by atoms with van der Waals surface area (Å²) in [6, 6.07) is 13.6. The minimum Gasteiger partial charge on any atom is -0.326 e. The lowest BCUT2D eigenvalue weighted by Crippen LogP contribution is -2.26. The van der Waals surface area contributed by atoms with Gasteiger partial charge in [0.25, 0.3) is 10.0 Å². The summed E-state index contributed by atoms with van der Waals surface area (Å²) in [5.41, 5.74) is 2.24. The van der Waals surface area contributed by atoms with Crippen LogP contribution in [0.25, 0.3) is 0 Å². The number of benzene rings is 2. The minimum absolute atomic E-state index is 0.172. The molecule has 0 aliphatic rings. The van der Waals surface area contributed by atoms with Crippen molar-refractivity contribution in [3.8, 4) is 0 Å². The SMILES string of the molecule is CC(=O)Nc1ccc(N(C)S(=O)(=O)c2ccc(C(C)C)cc2)cc1.